The molecule has 0 saturated carbocycles. The minimum atomic E-state index is -4.60. The van der Waals surface area contributed by atoms with Crippen molar-refractivity contribution in [2.45, 2.75) is 23.5 Å². The third-order valence-corrected chi connectivity index (χ3v) is 4.97. The van der Waals surface area contributed by atoms with Gasteiger partial charge < -0.3 is 9.64 Å². The maximum Gasteiger partial charge on any atom is 0.433 e. The van der Waals surface area contributed by atoms with Crippen molar-refractivity contribution >= 4 is 17.7 Å². The van der Waals surface area contributed by atoms with Crippen LogP contribution in [0.5, 0.6) is 0 Å². The number of amides is 1. The van der Waals surface area contributed by atoms with Crippen molar-refractivity contribution < 1.29 is 22.7 Å². The van der Waals surface area contributed by atoms with Gasteiger partial charge in [-0.25, -0.2) is 9.97 Å². The first-order valence-corrected chi connectivity index (χ1v) is 9.27. The minimum Gasteiger partial charge on any atom is -0.378 e. The van der Waals surface area contributed by atoms with Crippen molar-refractivity contribution in [3.63, 3.8) is 0 Å². The highest BCUT2D eigenvalue weighted by Crippen LogP contribution is 2.33. The third kappa shape index (κ3) is 4.98. The summed E-state index contributed by atoms with van der Waals surface area (Å²) in [5, 5.41) is -0.673. The molecule has 1 amide bonds. The first kappa shape index (κ1) is 19.6. The molecule has 0 unspecified atom stereocenters. The minimum absolute atomic E-state index is 0.0715. The summed E-state index contributed by atoms with van der Waals surface area (Å²) in [5.41, 5.74) is -0.296. The molecule has 1 aromatic heterocycles. The second-order valence-corrected chi connectivity index (χ2v) is 7.29. The predicted molar refractivity (Wildman–Crippen MR) is 95.2 cm³/mol. The Morgan fingerprint density at radius 1 is 1.19 bits per heavy atom. The molecule has 3 rings (SSSR count). The zero-order chi connectivity index (χ0) is 19.4. The number of thioether (sulfide) groups is 1. The molecule has 1 fully saturated rings. The molecule has 0 N–H and O–H groups in total. The summed E-state index contributed by atoms with van der Waals surface area (Å²) >= 11 is 0.930. The summed E-state index contributed by atoms with van der Waals surface area (Å²) < 4.78 is 45.0. The molecule has 27 heavy (non-hydrogen) atoms. The van der Waals surface area contributed by atoms with Gasteiger partial charge in [-0.15, -0.1) is 0 Å². The number of carbonyl (C=O) groups is 1. The fourth-order valence-corrected chi connectivity index (χ4v) is 3.50. The molecular formula is C18H18F3N3O2S. The number of rotatable bonds is 4. The van der Waals surface area contributed by atoms with Crippen molar-refractivity contribution in [1.29, 1.82) is 0 Å². The van der Waals surface area contributed by atoms with Crippen LogP contribution in [0.2, 0.25) is 0 Å². The number of hydrogen-bond acceptors (Lipinski definition) is 5. The molecule has 0 bridgehead atoms. The van der Waals surface area contributed by atoms with Crippen LogP contribution in [-0.2, 0) is 15.7 Å². The summed E-state index contributed by atoms with van der Waals surface area (Å²) in [7, 11) is 0. The van der Waals surface area contributed by atoms with E-state index in [-0.39, 0.29) is 16.8 Å². The van der Waals surface area contributed by atoms with Crippen LogP contribution in [0.4, 0.5) is 13.2 Å². The molecule has 5 nitrogen and oxygen atoms in total. The highest BCUT2D eigenvalue weighted by atomic mass is 32.2. The average Bonchev–Trinajstić information content (AvgIpc) is 2.68. The van der Waals surface area contributed by atoms with Gasteiger partial charge in [0.2, 0.25) is 5.91 Å². The molecule has 0 radical (unpaired) electrons. The molecule has 0 spiro atoms. The lowest BCUT2D eigenvalue weighted by Crippen LogP contribution is -2.44. The van der Waals surface area contributed by atoms with Gasteiger partial charge in [0.05, 0.1) is 24.2 Å². The Bertz CT molecular complexity index is 796. The second kappa shape index (κ2) is 8.26. The number of ether oxygens (including phenoxy) is 1. The zero-order valence-electron chi connectivity index (χ0n) is 14.6. The lowest BCUT2D eigenvalue weighted by molar-refractivity contribution is -0.141. The highest BCUT2D eigenvalue weighted by molar-refractivity contribution is 8.00. The summed E-state index contributed by atoms with van der Waals surface area (Å²) in [6, 6.07) is 9.50. The maximum atomic E-state index is 13.3. The number of benzene rings is 1. The standard InChI is InChI=1S/C18H18F3N3O2S/c1-12(16(25)24-7-9-26-10-8-24)27-17-22-14(13-5-3-2-4-6-13)11-15(23-17)18(19,20)21/h2-6,11-12H,7-10H2,1H3/t12-/m1/s1. The van der Waals surface area contributed by atoms with E-state index in [1.165, 1.54) is 0 Å². The molecule has 2 heterocycles. The number of carbonyl (C=O) groups excluding carboxylic acids is 1. The highest BCUT2D eigenvalue weighted by Gasteiger charge is 2.34. The van der Waals surface area contributed by atoms with Crippen LogP contribution in [-0.4, -0.2) is 52.3 Å². The van der Waals surface area contributed by atoms with Crippen LogP contribution in [0.3, 0.4) is 0 Å². The van der Waals surface area contributed by atoms with Gasteiger partial charge in [0.25, 0.3) is 0 Å². The lowest BCUT2D eigenvalue weighted by atomic mass is 10.1. The molecule has 0 aliphatic carbocycles. The Morgan fingerprint density at radius 2 is 1.85 bits per heavy atom. The van der Waals surface area contributed by atoms with Gasteiger partial charge >= 0.3 is 6.18 Å². The summed E-state index contributed by atoms with van der Waals surface area (Å²) in [5.74, 6) is -0.162. The molecule has 1 aliphatic rings. The van der Waals surface area contributed by atoms with Crippen LogP contribution in [0.1, 0.15) is 12.6 Å². The van der Waals surface area contributed by atoms with E-state index in [4.69, 9.17) is 4.74 Å². The average molecular weight is 397 g/mol. The SMILES string of the molecule is C[C@@H](Sc1nc(-c2ccccc2)cc(C(F)(F)F)n1)C(=O)N1CCOCC1. The number of alkyl halides is 3. The molecule has 1 saturated heterocycles. The third-order valence-electron chi connectivity index (χ3n) is 4.02. The topological polar surface area (TPSA) is 55.3 Å². The van der Waals surface area contributed by atoms with Crippen LogP contribution >= 0.6 is 11.8 Å². The van der Waals surface area contributed by atoms with Crippen molar-refractivity contribution in [3.8, 4) is 11.3 Å². The van der Waals surface area contributed by atoms with Gasteiger partial charge in [-0.1, -0.05) is 42.1 Å². The second-order valence-electron chi connectivity index (χ2n) is 5.98. The van der Waals surface area contributed by atoms with Crippen molar-refractivity contribution in [1.82, 2.24) is 14.9 Å². The predicted octanol–water partition coefficient (Wildman–Crippen LogP) is 3.50. The molecule has 1 atom stereocenters. The van der Waals surface area contributed by atoms with E-state index in [2.05, 4.69) is 9.97 Å². The Kier molecular flexibility index (Phi) is 6.01. The van der Waals surface area contributed by atoms with E-state index in [0.29, 0.717) is 31.9 Å². The molecule has 9 heteroatoms. The van der Waals surface area contributed by atoms with E-state index in [1.54, 1.807) is 42.2 Å². The molecule has 144 valence electrons. The first-order chi connectivity index (χ1) is 12.8. The van der Waals surface area contributed by atoms with Gasteiger partial charge in [-0.3, -0.25) is 4.79 Å². The van der Waals surface area contributed by atoms with Crippen LogP contribution in [0, 0.1) is 0 Å². The Morgan fingerprint density at radius 3 is 2.48 bits per heavy atom. The quantitative estimate of drug-likeness (QED) is 0.584. The van der Waals surface area contributed by atoms with Crippen molar-refractivity contribution in [2.75, 3.05) is 26.3 Å². The van der Waals surface area contributed by atoms with E-state index in [9.17, 15) is 18.0 Å². The Labute approximate surface area is 158 Å². The fourth-order valence-electron chi connectivity index (χ4n) is 2.63. The van der Waals surface area contributed by atoms with Crippen LogP contribution in [0.15, 0.2) is 41.6 Å². The van der Waals surface area contributed by atoms with Gasteiger partial charge in [-0.05, 0) is 13.0 Å². The van der Waals surface area contributed by atoms with Gasteiger partial charge in [0.1, 0.15) is 5.69 Å². The summed E-state index contributed by atoms with van der Waals surface area (Å²) in [6.07, 6.45) is -4.60. The number of hydrogen-bond donors (Lipinski definition) is 0. The van der Waals surface area contributed by atoms with Gasteiger partial charge in [0.15, 0.2) is 5.16 Å². The van der Waals surface area contributed by atoms with E-state index >= 15 is 0 Å². The number of nitrogens with zero attached hydrogens (tertiary/aromatic N) is 3. The maximum absolute atomic E-state index is 13.3. The Balaban J connectivity index is 1.86. The van der Waals surface area contributed by atoms with Crippen LogP contribution < -0.4 is 0 Å². The van der Waals surface area contributed by atoms with E-state index in [1.807, 2.05) is 0 Å². The molecular weight excluding hydrogens is 379 g/mol. The number of morpholine rings is 1. The monoisotopic (exact) mass is 397 g/mol. The largest absolute Gasteiger partial charge is 0.433 e. The van der Waals surface area contributed by atoms with E-state index < -0.39 is 17.1 Å². The van der Waals surface area contributed by atoms with Crippen molar-refractivity contribution in [2.24, 2.45) is 0 Å². The lowest BCUT2D eigenvalue weighted by Gasteiger charge is -2.28. The van der Waals surface area contributed by atoms with E-state index in [0.717, 1.165) is 17.8 Å². The van der Waals surface area contributed by atoms with Gasteiger partial charge in [-0.2, -0.15) is 13.2 Å². The molecule has 1 aromatic carbocycles. The summed E-state index contributed by atoms with van der Waals surface area (Å²) in [6.45, 7) is 3.52. The first-order valence-electron chi connectivity index (χ1n) is 8.39. The fraction of sp³-hybridized carbons (Fsp3) is 0.389. The van der Waals surface area contributed by atoms with Crippen LogP contribution in [0.25, 0.3) is 11.3 Å². The summed E-state index contributed by atoms with van der Waals surface area (Å²) in [4.78, 5) is 22.0. The van der Waals surface area contributed by atoms with Crippen molar-refractivity contribution in [3.05, 3.63) is 42.1 Å². The smallest absolute Gasteiger partial charge is 0.378 e. The molecule has 2 aromatic rings. The van der Waals surface area contributed by atoms with Gasteiger partial charge in [0, 0.05) is 18.7 Å². The number of aromatic nitrogens is 2. The normalized spacial score (nSPS) is 16.2. The Hall–Kier alpha value is -2.13. The number of halogens is 3. The zero-order valence-corrected chi connectivity index (χ0v) is 15.4. The molecule has 1 aliphatic heterocycles.